The summed E-state index contributed by atoms with van der Waals surface area (Å²) in [6.07, 6.45) is 0. The first-order chi connectivity index (χ1) is 5.38. The van der Waals surface area contributed by atoms with Gasteiger partial charge in [-0.2, -0.15) is 0 Å². The monoisotopic (exact) mass is 153 g/mol. The standard InChI is InChI=1S/C9H12FN/c10-6-9(7-11)8-4-2-1-3-5-8/h1-5,9H,6-7,11H2/t9-/m1/s1. The second-order valence-electron chi connectivity index (χ2n) is 2.50. The van der Waals surface area contributed by atoms with Crippen LogP contribution in [0.25, 0.3) is 0 Å². The molecule has 2 heteroatoms. The van der Waals surface area contributed by atoms with Gasteiger partial charge >= 0.3 is 0 Å². The zero-order chi connectivity index (χ0) is 8.10. The van der Waals surface area contributed by atoms with Gasteiger partial charge in [0.2, 0.25) is 0 Å². The summed E-state index contributed by atoms with van der Waals surface area (Å²) in [6, 6.07) is 9.50. The summed E-state index contributed by atoms with van der Waals surface area (Å²) in [4.78, 5) is 0. The molecule has 0 saturated carbocycles. The molecule has 1 atom stereocenters. The number of halogens is 1. The summed E-state index contributed by atoms with van der Waals surface area (Å²) < 4.78 is 12.3. The average molecular weight is 153 g/mol. The molecule has 0 aliphatic heterocycles. The summed E-state index contributed by atoms with van der Waals surface area (Å²) in [5.74, 6) is -0.129. The van der Waals surface area contributed by atoms with E-state index in [0.717, 1.165) is 5.56 Å². The lowest BCUT2D eigenvalue weighted by molar-refractivity contribution is 0.434. The third-order valence-electron chi connectivity index (χ3n) is 1.74. The van der Waals surface area contributed by atoms with Gasteiger partial charge in [-0.15, -0.1) is 0 Å². The Balaban J connectivity index is 2.74. The van der Waals surface area contributed by atoms with Crippen molar-refractivity contribution >= 4 is 0 Å². The van der Waals surface area contributed by atoms with E-state index >= 15 is 0 Å². The van der Waals surface area contributed by atoms with Gasteiger partial charge < -0.3 is 5.73 Å². The van der Waals surface area contributed by atoms with Crippen molar-refractivity contribution in [2.75, 3.05) is 13.2 Å². The third kappa shape index (κ3) is 2.02. The normalized spacial score (nSPS) is 12.9. The minimum atomic E-state index is -0.374. The molecule has 1 aromatic rings. The van der Waals surface area contributed by atoms with Gasteiger partial charge in [0.15, 0.2) is 0 Å². The maximum Gasteiger partial charge on any atom is 0.0975 e. The van der Waals surface area contributed by atoms with Crippen LogP contribution in [-0.4, -0.2) is 13.2 Å². The summed E-state index contributed by atoms with van der Waals surface area (Å²) >= 11 is 0. The highest BCUT2D eigenvalue weighted by Gasteiger charge is 2.06. The molecule has 11 heavy (non-hydrogen) atoms. The Hall–Kier alpha value is -0.890. The highest BCUT2D eigenvalue weighted by atomic mass is 19.1. The van der Waals surface area contributed by atoms with E-state index in [1.165, 1.54) is 0 Å². The SMILES string of the molecule is NC[C@@H](CF)c1ccccc1. The Morgan fingerprint density at radius 2 is 1.91 bits per heavy atom. The van der Waals surface area contributed by atoms with Gasteiger partial charge in [0.05, 0.1) is 6.67 Å². The van der Waals surface area contributed by atoms with E-state index in [9.17, 15) is 4.39 Å². The molecule has 1 aromatic carbocycles. The minimum Gasteiger partial charge on any atom is -0.330 e. The van der Waals surface area contributed by atoms with E-state index in [-0.39, 0.29) is 12.6 Å². The summed E-state index contributed by atoms with van der Waals surface area (Å²) in [6.45, 7) is 0.00102. The van der Waals surface area contributed by atoms with Gasteiger partial charge in [0.25, 0.3) is 0 Å². The first kappa shape index (κ1) is 8.21. The van der Waals surface area contributed by atoms with Crippen molar-refractivity contribution in [2.24, 2.45) is 5.73 Å². The molecule has 0 fully saturated rings. The smallest absolute Gasteiger partial charge is 0.0975 e. The fraction of sp³-hybridized carbons (Fsp3) is 0.333. The molecule has 0 amide bonds. The van der Waals surface area contributed by atoms with Crippen LogP contribution in [0.4, 0.5) is 4.39 Å². The molecule has 1 nitrogen and oxygen atoms in total. The average Bonchev–Trinajstić information content (AvgIpc) is 2.09. The Kier molecular flexibility index (Phi) is 3.05. The molecular weight excluding hydrogens is 141 g/mol. The molecule has 0 aliphatic carbocycles. The third-order valence-corrected chi connectivity index (χ3v) is 1.74. The molecule has 60 valence electrons. The second-order valence-corrected chi connectivity index (χ2v) is 2.50. The molecule has 0 aromatic heterocycles. The van der Waals surface area contributed by atoms with Gasteiger partial charge in [-0.25, -0.2) is 0 Å². The number of rotatable bonds is 3. The molecule has 0 aliphatic rings. The van der Waals surface area contributed by atoms with Crippen molar-refractivity contribution in [3.8, 4) is 0 Å². The Labute approximate surface area is 66.0 Å². The number of hydrogen-bond donors (Lipinski definition) is 1. The van der Waals surface area contributed by atoms with Crippen LogP contribution in [0.2, 0.25) is 0 Å². The molecule has 0 radical (unpaired) electrons. The van der Waals surface area contributed by atoms with Gasteiger partial charge in [0.1, 0.15) is 0 Å². The Bertz CT molecular complexity index is 194. The van der Waals surface area contributed by atoms with Crippen molar-refractivity contribution in [1.29, 1.82) is 0 Å². The quantitative estimate of drug-likeness (QED) is 0.702. The molecular formula is C9H12FN. The van der Waals surface area contributed by atoms with Crippen molar-refractivity contribution in [1.82, 2.24) is 0 Å². The fourth-order valence-electron chi connectivity index (χ4n) is 1.01. The first-order valence-corrected chi connectivity index (χ1v) is 3.69. The summed E-state index contributed by atoms with van der Waals surface area (Å²) in [5, 5.41) is 0. The number of nitrogens with two attached hydrogens (primary N) is 1. The molecule has 1 rings (SSSR count). The van der Waals surface area contributed by atoms with Crippen LogP contribution in [0.1, 0.15) is 11.5 Å². The lowest BCUT2D eigenvalue weighted by Crippen LogP contribution is -2.13. The van der Waals surface area contributed by atoms with E-state index in [1.807, 2.05) is 30.3 Å². The second kappa shape index (κ2) is 4.09. The number of hydrogen-bond acceptors (Lipinski definition) is 1. The number of alkyl halides is 1. The Morgan fingerprint density at radius 1 is 1.27 bits per heavy atom. The van der Waals surface area contributed by atoms with Crippen LogP contribution in [0, 0.1) is 0 Å². The van der Waals surface area contributed by atoms with Crippen molar-refractivity contribution < 1.29 is 4.39 Å². The highest BCUT2D eigenvalue weighted by Crippen LogP contribution is 2.13. The maximum absolute atomic E-state index is 12.3. The fourth-order valence-corrected chi connectivity index (χ4v) is 1.01. The zero-order valence-electron chi connectivity index (χ0n) is 6.33. The van der Waals surface area contributed by atoms with E-state index < -0.39 is 0 Å². The number of benzene rings is 1. The van der Waals surface area contributed by atoms with Crippen LogP contribution in [0.15, 0.2) is 30.3 Å². The van der Waals surface area contributed by atoms with Crippen LogP contribution in [-0.2, 0) is 0 Å². The molecule has 0 spiro atoms. The molecule has 0 saturated heterocycles. The van der Waals surface area contributed by atoms with E-state index in [1.54, 1.807) is 0 Å². The van der Waals surface area contributed by atoms with E-state index in [4.69, 9.17) is 5.73 Å². The minimum absolute atomic E-state index is 0.129. The van der Waals surface area contributed by atoms with Crippen molar-refractivity contribution in [3.63, 3.8) is 0 Å². The Morgan fingerprint density at radius 3 is 2.36 bits per heavy atom. The van der Waals surface area contributed by atoms with Crippen LogP contribution in [0.3, 0.4) is 0 Å². The molecule has 2 N–H and O–H groups in total. The van der Waals surface area contributed by atoms with E-state index in [2.05, 4.69) is 0 Å². The zero-order valence-corrected chi connectivity index (χ0v) is 6.33. The van der Waals surface area contributed by atoms with Gasteiger partial charge in [0, 0.05) is 12.5 Å². The van der Waals surface area contributed by atoms with Gasteiger partial charge in [-0.05, 0) is 5.56 Å². The maximum atomic E-state index is 12.3. The summed E-state index contributed by atoms with van der Waals surface area (Å²) in [5.41, 5.74) is 6.36. The van der Waals surface area contributed by atoms with Crippen molar-refractivity contribution in [3.05, 3.63) is 35.9 Å². The highest BCUT2D eigenvalue weighted by molar-refractivity contribution is 5.19. The predicted octanol–water partition coefficient (Wildman–Crippen LogP) is 1.70. The summed E-state index contributed by atoms with van der Waals surface area (Å²) in [7, 11) is 0. The van der Waals surface area contributed by atoms with Gasteiger partial charge in [-0.3, -0.25) is 4.39 Å². The lowest BCUT2D eigenvalue weighted by Gasteiger charge is -2.09. The predicted molar refractivity (Wildman–Crippen MR) is 44.2 cm³/mol. The topological polar surface area (TPSA) is 26.0 Å². The van der Waals surface area contributed by atoms with Crippen molar-refractivity contribution in [2.45, 2.75) is 5.92 Å². The van der Waals surface area contributed by atoms with E-state index in [0.29, 0.717) is 6.54 Å². The molecule has 0 bridgehead atoms. The first-order valence-electron chi connectivity index (χ1n) is 3.69. The largest absolute Gasteiger partial charge is 0.330 e. The van der Waals surface area contributed by atoms with Crippen LogP contribution >= 0.6 is 0 Å². The van der Waals surface area contributed by atoms with Crippen LogP contribution in [0.5, 0.6) is 0 Å². The molecule has 0 heterocycles. The van der Waals surface area contributed by atoms with Gasteiger partial charge in [-0.1, -0.05) is 30.3 Å². The molecule has 0 unspecified atom stereocenters. The van der Waals surface area contributed by atoms with Crippen LogP contribution < -0.4 is 5.73 Å². The lowest BCUT2D eigenvalue weighted by atomic mass is 10.0.